The summed E-state index contributed by atoms with van der Waals surface area (Å²) in [6.07, 6.45) is -7.57. The Morgan fingerprint density at radius 3 is 1.65 bits per heavy atom. The topological polar surface area (TPSA) is 277 Å². The number of methoxy groups -OCH3 is 2. The maximum absolute atomic E-state index is 16.5. The molecule has 94 heavy (non-hydrogen) atoms. The van der Waals surface area contributed by atoms with Crippen LogP contribution in [0, 0.1) is 32.1 Å². The fourth-order valence-corrected chi connectivity index (χ4v) is 19.4. The lowest BCUT2D eigenvalue weighted by Crippen LogP contribution is -2.68. The number of nitriles is 1. The van der Waals surface area contributed by atoms with E-state index in [0.717, 1.165) is 15.9 Å². The molecule has 2 aliphatic rings. The number of benzene rings is 6. The van der Waals surface area contributed by atoms with Crippen molar-refractivity contribution in [3.8, 4) is 17.6 Å². The first-order valence-corrected chi connectivity index (χ1v) is 35.5. The van der Waals surface area contributed by atoms with Crippen LogP contribution in [0.4, 0.5) is 0 Å². The SMILES string of the molecule is COc1ccc(C(OC[C@H]2O[C@@H](n3cc(C)c(=O)[nH]c3=O)C[C@@H]2OP(=O)(OCCC#N)O[C@@H](CCOS(=O)(=O)c2ccc(C)cc2)[C@H]2O[C@@H](n3cc(C)c(=O)[nH]c3=O)C[C@@H]2O[Si](c2ccccc2)(c2ccccc2)C(C)(C)C)(c2ccccc2)c2ccc(OC)cc2)cc1. The maximum Gasteiger partial charge on any atom is 0.475 e. The molecule has 10 rings (SSSR count). The van der Waals surface area contributed by atoms with E-state index in [1.807, 2.05) is 128 Å². The van der Waals surface area contributed by atoms with Crippen molar-refractivity contribution in [3.05, 3.63) is 251 Å². The van der Waals surface area contributed by atoms with Gasteiger partial charge < -0.3 is 28.1 Å². The normalized spacial score (nSPS) is 19.5. The molecule has 2 fully saturated rings. The summed E-state index contributed by atoms with van der Waals surface area (Å²) < 4.78 is 113. The molecule has 0 aliphatic carbocycles. The van der Waals surface area contributed by atoms with Crippen molar-refractivity contribution in [2.75, 3.05) is 34.0 Å². The summed E-state index contributed by atoms with van der Waals surface area (Å²) in [6, 6.07) is 51.5. The third-order valence-electron chi connectivity index (χ3n) is 16.9. The molecule has 25 heteroatoms. The van der Waals surface area contributed by atoms with Crippen molar-refractivity contribution in [2.24, 2.45) is 0 Å². The molecule has 0 saturated carbocycles. The zero-order valence-corrected chi connectivity index (χ0v) is 56.1. The largest absolute Gasteiger partial charge is 0.497 e. The molecule has 2 aliphatic heterocycles. The van der Waals surface area contributed by atoms with Gasteiger partial charge in [-0.3, -0.25) is 46.4 Å². The van der Waals surface area contributed by atoms with Gasteiger partial charge in [0.05, 0.1) is 57.5 Å². The summed E-state index contributed by atoms with van der Waals surface area (Å²) in [6.45, 7) is 9.55. The van der Waals surface area contributed by atoms with E-state index in [1.54, 1.807) is 50.6 Å². The monoisotopic (exact) mass is 1340 g/mol. The van der Waals surface area contributed by atoms with E-state index in [9.17, 15) is 32.9 Å². The average Bonchev–Trinajstić information content (AvgIpc) is 0.830. The van der Waals surface area contributed by atoms with Crippen molar-refractivity contribution >= 4 is 36.6 Å². The molecule has 2 N–H and O–H groups in total. The van der Waals surface area contributed by atoms with Crippen molar-refractivity contribution in [1.82, 2.24) is 19.1 Å². The number of nitrogens with zero attached hydrogens (tertiary/aromatic N) is 3. The Morgan fingerprint density at radius 2 is 1.15 bits per heavy atom. The minimum atomic E-state index is -5.24. The van der Waals surface area contributed by atoms with Gasteiger partial charge in [0.1, 0.15) is 54.0 Å². The lowest BCUT2D eigenvalue weighted by atomic mass is 9.80. The minimum Gasteiger partial charge on any atom is -0.497 e. The lowest BCUT2D eigenvalue weighted by molar-refractivity contribution is -0.103. The second-order valence-corrected chi connectivity index (χ2v) is 31.5. The van der Waals surface area contributed by atoms with E-state index in [-0.39, 0.29) is 41.9 Å². The molecular formula is C69H76N5O17PSSi. The summed E-state index contributed by atoms with van der Waals surface area (Å²) >= 11 is 0. The second kappa shape index (κ2) is 29.2. The Balaban J connectivity index is 1.11. The van der Waals surface area contributed by atoms with E-state index < -0.39 is 122 Å². The third kappa shape index (κ3) is 14.9. The Morgan fingerprint density at radius 1 is 0.660 bits per heavy atom. The number of phosphoric ester groups is 1. The van der Waals surface area contributed by atoms with Crippen LogP contribution in [0.3, 0.4) is 0 Å². The van der Waals surface area contributed by atoms with Crippen molar-refractivity contribution in [1.29, 1.82) is 5.26 Å². The first-order chi connectivity index (χ1) is 45.0. The summed E-state index contributed by atoms with van der Waals surface area (Å²) in [7, 11) is -10.2. The van der Waals surface area contributed by atoms with Gasteiger partial charge in [0, 0.05) is 42.8 Å². The van der Waals surface area contributed by atoms with Gasteiger partial charge in [-0.25, -0.2) is 14.2 Å². The van der Waals surface area contributed by atoms with Crippen molar-refractivity contribution in [3.63, 3.8) is 0 Å². The first kappa shape index (κ1) is 68.7. The zero-order chi connectivity index (χ0) is 67.0. The highest BCUT2D eigenvalue weighted by Crippen LogP contribution is 2.56. The fraction of sp³-hybridized carbons (Fsp3) is 0.348. The molecular weight excluding hydrogens is 1260 g/mol. The summed E-state index contributed by atoms with van der Waals surface area (Å²) in [5.41, 5.74) is -1.18. The third-order valence-corrected chi connectivity index (χ3v) is 24.8. The lowest BCUT2D eigenvalue weighted by Gasteiger charge is -2.45. The van der Waals surface area contributed by atoms with E-state index in [2.05, 4.69) is 30.7 Å². The second-order valence-electron chi connectivity index (χ2n) is 24.1. The molecule has 4 heterocycles. The molecule has 0 amide bonds. The van der Waals surface area contributed by atoms with Gasteiger partial charge in [-0.05, 0) is 89.3 Å². The molecule has 8 atom stereocenters. The van der Waals surface area contributed by atoms with Crippen LogP contribution in [0.2, 0.25) is 5.04 Å². The highest BCUT2D eigenvalue weighted by Gasteiger charge is 2.56. The molecule has 2 aromatic heterocycles. The Bertz CT molecular complexity index is 4270. The van der Waals surface area contributed by atoms with Gasteiger partial charge in [0.15, 0.2) is 0 Å². The quantitative estimate of drug-likeness (QED) is 0.0159. The van der Waals surface area contributed by atoms with Gasteiger partial charge in [0.25, 0.3) is 29.6 Å². The van der Waals surface area contributed by atoms with E-state index in [4.69, 9.17) is 45.9 Å². The van der Waals surface area contributed by atoms with Crippen LogP contribution in [0.25, 0.3) is 0 Å². The van der Waals surface area contributed by atoms with Gasteiger partial charge >= 0.3 is 19.2 Å². The zero-order valence-electron chi connectivity index (χ0n) is 53.4. The first-order valence-electron chi connectivity index (χ1n) is 30.7. The molecule has 0 spiro atoms. The summed E-state index contributed by atoms with van der Waals surface area (Å²) in [5.74, 6) is 1.14. The van der Waals surface area contributed by atoms with Crippen LogP contribution < -0.4 is 42.3 Å². The Kier molecular flexibility index (Phi) is 21.4. The number of hydrogen-bond acceptors (Lipinski definition) is 18. The number of hydrogen-bond donors (Lipinski definition) is 2. The molecule has 6 aromatic carbocycles. The van der Waals surface area contributed by atoms with Crippen LogP contribution in [0.1, 0.15) is 92.3 Å². The van der Waals surface area contributed by atoms with Gasteiger partial charge in [0.2, 0.25) is 0 Å². The number of nitrogens with one attached hydrogen (secondary N) is 2. The average molecular weight is 1340 g/mol. The number of H-pyrrole nitrogens is 2. The highest BCUT2D eigenvalue weighted by molar-refractivity contribution is 7.86. The smallest absolute Gasteiger partial charge is 0.475 e. The Labute approximate surface area is 545 Å². The van der Waals surface area contributed by atoms with E-state index in [1.165, 1.54) is 47.5 Å². The molecule has 2 saturated heterocycles. The number of aromatic nitrogens is 4. The molecule has 22 nitrogen and oxygen atoms in total. The maximum atomic E-state index is 16.5. The molecule has 494 valence electrons. The number of phosphoric acid groups is 1. The molecule has 0 radical (unpaired) electrons. The standard InChI is InChI=1S/C69H76N5O17PSSi/c1-46-25-35-54(36-26-46)93(80,81)86-40-37-57(63-59(42-62(88-63)74-44-48(3)65(76)72-67(74)78)91-94(68(4,5)6,55-21-14-10-15-22-55)56-23-16-11-17-24-56)89-92(79,85-39-18-38-70)90-58-41-61(73-43-47(2)64(75)71-66(73)77)87-60(58)45-84-69(49-19-12-9-13-20-49,50-27-31-52(82-7)32-28-50)51-29-33-53(83-8)34-30-51/h9-17,19-36,43-44,57-63H,18,37,39-42,45H2,1-8H3,(H,71,75,77)(H,72,76,78)/t57-,58-,59-,60+,61+,62+,63+,92?/m0/s1. The van der Waals surface area contributed by atoms with Crippen LogP contribution >= 0.6 is 7.82 Å². The molecule has 0 bridgehead atoms. The highest BCUT2D eigenvalue weighted by atomic mass is 32.2. The molecule has 8 aromatic rings. The minimum absolute atomic E-state index is 0.0835. The van der Waals surface area contributed by atoms with Crippen molar-refractivity contribution in [2.45, 2.75) is 126 Å². The fourth-order valence-electron chi connectivity index (χ4n) is 12.2. The van der Waals surface area contributed by atoms with Gasteiger partial charge in [-0.15, -0.1) is 0 Å². The van der Waals surface area contributed by atoms with Gasteiger partial charge in [-0.1, -0.05) is 154 Å². The molecule has 1 unspecified atom stereocenters. The van der Waals surface area contributed by atoms with Crippen LogP contribution in [-0.2, 0) is 56.7 Å². The predicted molar refractivity (Wildman–Crippen MR) is 352 cm³/mol. The summed E-state index contributed by atoms with van der Waals surface area (Å²) in [5, 5.41) is 11.1. The Hall–Kier alpha value is -8.15. The van der Waals surface area contributed by atoms with Crippen LogP contribution in [0.15, 0.2) is 200 Å². The number of aromatic amines is 2. The van der Waals surface area contributed by atoms with Crippen LogP contribution in [0.5, 0.6) is 11.5 Å². The van der Waals surface area contributed by atoms with E-state index in [0.29, 0.717) is 28.2 Å². The van der Waals surface area contributed by atoms with Crippen molar-refractivity contribution < 1.29 is 58.8 Å². The van der Waals surface area contributed by atoms with Gasteiger partial charge in [-0.2, -0.15) is 13.7 Å². The van der Waals surface area contributed by atoms with Crippen LogP contribution in [-0.4, -0.2) is 100 Å². The predicted octanol–water partition coefficient (Wildman–Crippen LogP) is 9.16. The summed E-state index contributed by atoms with van der Waals surface area (Å²) in [4.78, 5) is 58.2. The van der Waals surface area contributed by atoms with E-state index >= 15 is 4.57 Å². The number of rotatable bonds is 27. The number of aryl methyl sites for hydroxylation is 3. The number of ether oxygens (including phenoxy) is 5.